The second-order valence-corrected chi connectivity index (χ2v) is 8.07. The zero-order valence-electron chi connectivity index (χ0n) is 9.70. The van der Waals surface area contributed by atoms with Crippen LogP contribution in [0.4, 0.5) is 0 Å². The molecular formula is C10H17NO4S2. The van der Waals surface area contributed by atoms with Gasteiger partial charge in [0.25, 0.3) is 0 Å². The Bertz CT molecular complexity index is 405. The summed E-state index contributed by atoms with van der Waals surface area (Å²) >= 11 is 1.58. The molecule has 1 N–H and O–H groups in total. The van der Waals surface area contributed by atoms with Gasteiger partial charge in [0.1, 0.15) is 11.4 Å². The SMILES string of the molecule is CS(=O)(=O)C1CSCCN1C(C(=O)O)C1CC1. The fraction of sp³-hybridized carbons (Fsp3) is 0.900. The molecule has 7 heteroatoms. The van der Waals surface area contributed by atoms with Crippen molar-refractivity contribution in [3.05, 3.63) is 0 Å². The largest absolute Gasteiger partial charge is 0.480 e. The maximum atomic E-state index is 11.7. The van der Waals surface area contributed by atoms with Gasteiger partial charge in [0.05, 0.1) is 0 Å². The van der Waals surface area contributed by atoms with Crippen LogP contribution in [-0.4, -0.2) is 60.1 Å². The Kier molecular flexibility index (Phi) is 3.70. The normalized spacial score (nSPS) is 28.9. The molecule has 5 nitrogen and oxygen atoms in total. The zero-order chi connectivity index (χ0) is 12.6. The van der Waals surface area contributed by atoms with Crippen molar-refractivity contribution in [3.63, 3.8) is 0 Å². The van der Waals surface area contributed by atoms with Gasteiger partial charge in [-0.2, -0.15) is 11.8 Å². The molecule has 0 aromatic rings. The molecule has 0 radical (unpaired) electrons. The average molecular weight is 279 g/mol. The van der Waals surface area contributed by atoms with Crippen molar-refractivity contribution in [2.75, 3.05) is 24.3 Å². The van der Waals surface area contributed by atoms with Gasteiger partial charge >= 0.3 is 5.97 Å². The van der Waals surface area contributed by atoms with Crippen LogP contribution in [-0.2, 0) is 14.6 Å². The van der Waals surface area contributed by atoms with Crippen LogP contribution < -0.4 is 0 Å². The first-order valence-corrected chi connectivity index (χ1v) is 8.77. The summed E-state index contributed by atoms with van der Waals surface area (Å²) in [6.07, 6.45) is 3.00. The molecule has 2 atom stereocenters. The highest BCUT2D eigenvalue weighted by molar-refractivity contribution is 8.00. The standard InChI is InChI=1S/C10H17NO4S2/c1-17(14,15)8-6-16-5-4-11(8)9(10(12)13)7-2-3-7/h7-9H,2-6H2,1H3,(H,12,13). The predicted molar refractivity (Wildman–Crippen MR) is 66.8 cm³/mol. The lowest BCUT2D eigenvalue weighted by molar-refractivity contribution is -0.144. The number of carbonyl (C=O) groups is 1. The van der Waals surface area contributed by atoms with Crippen molar-refractivity contribution in [3.8, 4) is 0 Å². The fourth-order valence-electron chi connectivity index (χ4n) is 2.31. The van der Waals surface area contributed by atoms with Gasteiger partial charge in [0, 0.05) is 24.3 Å². The minimum Gasteiger partial charge on any atom is -0.480 e. The van der Waals surface area contributed by atoms with Gasteiger partial charge in [-0.3, -0.25) is 9.69 Å². The highest BCUT2D eigenvalue weighted by Crippen LogP contribution is 2.38. The molecule has 0 bridgehead atoms. The summed E-state index contributed by atoms with van der Waals surface area (Å²) in [6.45, 7) is 0.551. The molecular weight excluding hydrogens is 262 g/mol. The number of nitrogens with zero attached hydrogens (tertiary/aromatic N) is 1. The van der Waals surface area contributed by atoms with Crippen molar-refractivity contribution in [2.45, 2.75) is 24.3 Å². The Labute approximate surface area is 105 Å². The molecule has 2 rings (SSSR count). The molecule has 98 valence electrons. The number of hydrogen-bond donors (Lipinski definition) is 1. The van der Waals surface area contributed by atoms with E-state index in [9.17, 15) is 18.3 Å². The lowest BCUT2D eigenvalue weighted by atomic mass is 10.1. The van der Waals surface area contributed by atoms with Gasteiger partial charge < -0.3 is 5.11 Å². The van der Waals surface area contributed by atoms with Crippen LogP contribution in [0, 0.1) is 5.92 Å². The first kappa shape index (κ1) is 13.2. The van der Waals surface area contributed by atoms with E-state index in [2.05, 4.69) is 0 Å². The molecule has 1 heterocycles. The van der Waals surface area contributed by atoms with Crippen molar-refractivity contribution < 1.29 is 18.3 Å². The zero-order valence-corrected chi connectivity index (χ0v) is 11.3. The number of carboxylic acid groups (broad SMARTS) is 1. The highest BCUT2D eigenvalue weighted by atomic mass is 32.2. The van der Waals surface area contributed by atoms with Gasteiger partial charge in [-0.05, 0) is 18.8 Å². The Morgan fingerprint density at radius 2 is 2.12 bits per heavy atom. The third-order valence-corrected chi connectivity index (χ3v) is 5.96. The molecule has 17 heavy (non-hydrogen) atoms. The van der Waals surface area contributed by atoms with Crippen molar-refractivity contribution in [2.24, 2.45) is 5.92 Å². The molecule has 0 aromatic carbocycles. The third kappa shape index (κ3) is 2.95. The summed E-state index contributed by atoms with van der Waals surface area (Å²) in [5.74, 6) is 0.547. The smallest absolute Gasteiger partial charge is 0.321 e. The maximum Gasteiger partial charge on any atom is 0.321 e. The van der Waals surface area contributed by atoms with Crippen LogP contribution in [0.25, 0.3) is 0 Å². The van der Waals surface area contributed by atoms with E-state index in [1.165, 1.54) is 6.26 Å². The number of thioether (sulfide) groups is 1. The quantitative estimate of drug-likeness (QED) is 0.796. The Morgan fingerprint density at radius 3 is 2.59 bits per heavy atom. The van der Waals surface area contributed by atoms with Gasteiger partial charge in [0.15, 0.2) is 9.84 Å². The lowest BCUT2D eigenvalue weighted by Gasteiger charge is -2.38. The average Bonchev–Trinajstić information content (AvgIpc) is 3.01. The molecule has 1 aliphatic heterocycles. The Hall–Kier alpha value is -0.270. The molecule has 0 spiro atoms. The molecule has 1 saturated carbocycles. The number of sulfone groups is 1. The molecule has 2 aliphatic rings. The van der Waals surface area contributed by atoms with E-state index in [1.807, 2.05) is 0 Å². The van der Waals surface area contributed by atoms with Crippen molar-refractivity contribution in [1.29, 1.82) is 0 Å². The molecule has 0 aromatic heterocycles. The van der Waals surface area contributed by atoms with E-state index in [4.69, 9.17) is 0 Å². The van der Waals surface area contributed by atoms with Crippen LogP contribution in [0.1, 0.15) is 12.8 Å². The van der Waals surface area contributed by atoms with Crippen molar-refractivity contribution >= 4 is 27.6 Å². The van der Waals surface area contributed by atoms with Crippen LogP contribution in [0.5, 0.6) is 0 Å². The lowest BCUT2D eigenvalue weighted by Crippen LogP contribution is -2.55. The van der Waals surface area contributed by atoms with E-state index < -0.39 is 27.2 Å². The molecule has 1 aliphatic carbocycles. The summed E-state index contributed by atoms with van der Waals surface area (Å²) in [5, 5.41) is 8.64. The second-order valence-electron chi connectivity index (χ2n) is 4.72. The number of hydrogen-bond acceptors (Lipinski definition) is 5. The van der Waals surface area contributed by atoms with E-state index in [-0.39, 0.29) is 5.92 Å². The Morgan fingerprint density at radius 1 is 1.47 bits per heavy atom. The molecule has 0 amide bonds. The highest BCUT2D eigenvalue weighted by Gasteiger charge is 2.45. The summed E-state index contributed by atoms with van der Waals surface area (Å²) in [4.78, 5) is 13.0. The fourth-order valence-corrected chi connectivity index (χ4v) is 5.21. The molecule has 2 unspecified atom stereocenters. The van der Waals surface area contributed by atoms with E-state index in [0.29, 0.717) is 12.3 Å². The van der Waals surface area contributed by atoms with E-state index in [0.717, 1.165) is 18.6 Å². The number of rotatable bonds is 4. The molecule has 2 fully saturated rings. The third-order valence-electron chi connectivity index (χ3n) is 3.30. The first-order chi connectivity index (χ1) is 7.91. The van der Waals surface area contributed by atoms with Gasteiger partial charge in [0.2, 0.25) is 0 Å². The number of aliphatic carboxylic acids is 1. The Balaban J connectivity index is 2.22. The van der Waals surface area contributed by atoms with E-state index in [1.54, 1.807) is 16.7 Å². The summed E-state index contributed by atoms with van der Waals surface area (Å²) in [7, 11) is -3.22. The number of carboxylic acids is 1. The van der Waals surface area contributed by atoms with Crippen LogP contribution in [0.15, 0.2) is 0 Å². The summed E-state index contributed by atoms with van der Waals surface area (Å²) in [6, 6.07) is -0.615. The van der Waals surface area contributed by atoms with Gasteiger partial charge in [-0.25, -0.2) is 8.42 Å². The minimum absolute atomic E-state index is 0.139. The summed E-state index contributed by atoms with van der Waals surface area (Å²) < 4.78 is 23.4. The van der Waals surface area contributed by atoms with Crippen molar-refractivity contribution in [1.82, 2.24) is 4.90 Å². The molecule has 1 saturated heterocycles. The second kappa shape index (κ2) is 4.78. The van der Waals surface area contributed by atoms with E-state index >= 15 is 0 Å². The maximum absolute atomic E-state index is 11.7. The van der Waals surface area contributed by atoms with Gasteiger partial charge in [-0.1, -0.05) is 0 Å². The van der Waals surface area contributed by atoms with Crippen LogP contribution in [0.2, 0.25) is 0 Å². The first-order valence-electron chi connectivity index (χ1n) is 5.66. The monoisotopic (exact) mass is 279 g/mol. The minimum atomic E-state index is -3.22. The van der Waals surface area contributed by atoms with Crippen LogP contribution >= 0.6 is 11.8 Å². The van der Waals surface area contributed by atoms with Gasteiger partial charge in [-0.15, -0.1) is 0 Å². The summed E-state index contributed by atoms with van der Waals surface area (Å²) in [5.41, 5.74) is 0. The topological polar surface area (TPSA) is 74.7 Å². The predicted octanol–water partition coefficient (Wildman–Crippen LogP) is 0.269. The van der Waals surface area contributed by atoms with Crippen LogP contribution in [0.3, 0.4) is 0 Å².